The highest BCUT2D eigenvalue weighted by Crippen LogP contribution is 2.51. The lowest BCUT2D eigenvalue weighted by atomic mass is 9.79. The van der Waals surface area contributed by atoms with Gasteiger partial charge in [-0.05, 0) is 88.3 Å². The van der Waals surface area contributed by atoms with E-state index in [4.69, 9.17) is 4.74 Å². The van der Waals surface area contributed by atoms with E-state index in [9.17, 15) is 4.79 Å². The van der Waals surface area contributed by atoms with Crippen LogP contribution in [0.2, 0.25) is 0 Å². The Bertz CT molecular complexity index is 1150. The van der Waals surface area contributed by atoms with Crippen molar-refractivity contribution in [3.63, 3.8) is 0 Å². The molecule has 0 spiro atoms. The molecule has 3 aromatic carbocycles. The molecular weight excluding hydrogens is 444 g/mol. The van der Waals surface area contributed by atoms with Crippen LogP contribution in [0.5, 0.6) is 0 Å². The maximum absolute atomic E-state index is 12.4. The summed E-state index contributed by atoms with van der Waals surface area (Å²) in [6.07, 6.45) is 5.73. The van der Waals surface area contributed by atoms with Crippen LogP contribution in [0.25, 0.3) is 0 Å². The van der Waals surface area contributed by atoms with E-state index in [0.717, 1.165) is 31.5 Å². The van der Waals surface area contributed by atoms with Gasteiger partial charge in [-0.2, -0.15) is 0 Å². The SMILES string of the molecule is CC(C)(C)OC(=O)c1ccc(NC2CC3CCC(c4ccccc4)(C2)N3CCc2ccccc2)cc1. The number of nitrogens with zero attached hydrogens (tertiary/aromatic N) is 1. The van der Waals surface area contributed by atoms with Crippen molar-refractivity contribution >= 4 is 11.7 Å². The fourth-order valence-electron chi connectivity index (χ4n) is 6.19. The van der Waals surface area contributed by atoms with E-state index in [2.05, 4.69) is 70.9 Å². The van der Waals surface area contributed by atoms with Gasteiger partial charge in [-0.15, -0.1) is 0 Å². The summed E-state index contributed by atoms with van der Waals surface area (Å²) in [6, 6.07) is 30.7. The van der Waals surface area contributed by atoms with Crippen LogP contribution >= 0.6 is 0 Å². The third-order valence-electron chi connectivity index (χ3n) is 7.71. The summed E-state index contributed by atoms with van der Waals surface area (Å²) in [4.78, 5) is 15.2. The van der Waals surface area contributed by atoms with Crippen molar-refractivity contribution in [2.24, 2.45) is 0 Å². The van der Waals surface area contributed by atoms with Crippen LogP contribution < -0.4 is 5.32 Å². The minimum absolute atomic E-state index is 0.0626. The molecule has 2 fully saturated rings. The standard InChI is InChI=1S/C32H38N2O2/c1-31(2,3)36-30(35)25-14-16-27(17-15-25)33-28-22-29-18-20-32(23-28,26-12-8-5-9-13-26)34(29)21-19-24-10-6-4-7-11-24/h4-17,28-29,33H,18-23H2,1-3H3. The number of piperidine rings is 1. The molecule has 0 aliphatic carbocycles. The first-order valence-electron chi connectivity index (χ1n) is 13.3. The zero-order valence-electron chi connectivity index (χ0n) is 21.7. The minimum Gasteiger partial charge on any atom is -0.456 e. The first kappa shape index (κ1) is 24.6. The van der Waals surface area contributed by atoms with Gasteiger partial charge < -0.3 is 10.1 Å². The number of nitrogens with one attached hydrogen (secondary N) is 1. The number of carbonyl (C=O) groups is 1. The number of fused-ring (bicyclic) bond motifs is 2. The van der Waals surface area contributed by atoms with Crippen LogP contribution in [-0.4, -0.2) is 35.1 Å². The van der Waals surface area contributed by atoms with Gasteiger partial charge >= 0.3 is 5.97 Å². The van der Waals surface area contributed by atoms with E-state index < -0.39 is 5.60 Å². The van der Waals surface area contributed by atoms with E-state index in [1.165, 1.54) is 24.0 Å². The average Bonchev–Trinajstić information content (AvgIpc) is 3.09. The molecule has 2 heterocycles. The lowest BCUT2D eigenvalue weighted by Gasteiger charge is -2.48. The molecule has 0 radical (unpaired) electrons. The first-order chi connectivity index (χ1) is 17.3. The van der Waals surface area contributed by atoms with Crippen LogP contribution in [0, 0.1) is 0 Å². The number of benzene rings is 3. The number of hydrogen-bond donors (Lipinski definition) is 1. The monoisotopic (exact) mass is 482 g/mol. The fourth-order valence-corrected chi connectivity index (χ4v) is 6.19. The maximum Gasteiger partial charge on any atom is 0.338 e. The number of carbonyl (C=O) groups excluding carboxylic acids is 1. The molecule has 188 valence electrons. The molecule has 4 nitrogen and oxygen atoms in total. The molecule has 3 atom stereocenters. The summed E-state index contributed by atoms with van der Waals surface area (Å²) in [5.74, 6) is -0.276. The lowest BCUT2D eigenvalue weighted by Crippen LogP contribution is -2.54. The van der Waals surface area contributed by atoms with Gasteiger partial charge in [0.1, 0.15) is 5.60 Å². The predicted molar refractivity (Wildman–Crippen MR) is 146 cm³/mol. The Kier molecular flexibility index (Phi) is 6.90. The normalized spacial score (nSPS) is 23.9. The van der Waals surface area contributed by atoms with E-state index in [1.807, 2.05) is 45.0 Å². The second kappa shape index (κ2) is 10.1. The van der Waals surface area contributed by atoms with Gasteiger partial charge in [-0.3, -0.25) is 4.90 Å². The van der Waals surface area contributed by atoms with Gasteiger partial charge in [0.15, 0.2) is 0 Å². The highest BCUT2D eigenvalue weighted by atomic mass is 16.6. The number of hydrogen-bond acceptors (Lipinski definition) is 4. The van der Waals surface area contributed by atoms with E-state index >= 15 is 0 Å². The molecule has 0 amide bonds. The summed E-state index contributed by atoms with van der Waals surface area (Å²) in [7, 11) is 0. The van der Waals surface area contributed by atoms with Gasteiger partial charge in [-0.1, -0.05) is 60.7 Å². The topological polar surface area (TPSA) is 41.6 Å². The molecule has 0 saturated carbocycles. The molecule has 3 aromatic rings. The Morgan fingerprint density at radius 1 is 0.972 bits per heavy atom. The molecular formula is C32H38N2O2. The third-order valence-corrected chi connectivity index (χ3v) is 7.71. The second-order valence-corrected chi connectivity index (χ2v) is 11.4. The molecule has 36 heavy (non-hydrogen) atoms. The molecule has 2 saturated heterocycles. The smallest absolute Gasteiger partial charge is 0.338 e. The van der Waals surface area contributed by atoms with E-state index in [0.29, 0.717) is 17.6 Å². The van der Waals surface area contributed by atoms with Gasteiger partial charge in [-0.25, -0.2) is 4.79 Å². The zero-order valence-corrected chi connectivity index (χ0v) is 21.7. The molecule has 0 aromatic heterocycles. The maximum atomic E-state index is 12.4. The van der Waals surface area contributed by atoms with Gasteiger partial charge in [0.25, 0.3) is 0 Å². The summed E-state index contributed by atoms with van der Waals surface area (Å²) in [5, 5.41) is 3.81. The molecule has 1 N–H and O–H groups in total. The quantitative estimate of drug-likeness (QED) is 0.375. The molecule has 2 aliphatic rings. The largest absolute Gasteiger partial charge is 0.456 e. The van der Waals surface area contributed by atoms with Gasteiger partial charge in [0.2, 0.25) is 0 Å². The highest BCUT2D eigenvalue weighted by Gasteiger charge is 2.52. The number of ether oxygens (including phenoxy) is 1. The Hall–Kier alpha value is -3.11. The molecule has 2 aliphatic heterocycles. The summed E-state index contributed by atoms with van der Waals surface area (Å²) in [6.45, 7) is 6.76. The Morgan fingerprint density at radius 2 is 1.64 bits per heavy atom. The van der Waals surface area contributed by atoms with Crippen LogP contribution in [0.1, 0.15) is 67.9 Å². The Morgan fingerprint density at radius 3 is 2.31 bits per heavy atom. The number of rotatable bonds is 7. The van der Waals surface area contributed by atoms with Crippen LogP contribution in [-0.2, 0) is 16.7 Å². The van der Waals surface area contributed by atoms with Crippen molar-refractivity contribution in [2.45, 2.75) is 76.1 Å². The highest BCUT2D eigenvalue weighted by molar-refractivity contribution is 5.90. The van der Waals surface area contributed by atoms with Crippen LogP contribution in [0.15, 0.2) is 84.9 Å². The summed E-state index contributed by atoms with van der Waals surface area (Å²) >= 11 is 0. The average molecular weight is 483 g/mol. The molecule has 3 unspecified atom stereocenters. The fraction of sp³-hybridized carbons (Fsp3) is 0.406. The predicted octanol–water partition coefficient (Wildman–Crippen LogP) is 6.82. The number of esters is 1. The van der Waals surface area contributed by atoms with Crippen LogP contribution in [0.3, 0.4) is 0 Å². The van der Waals surface area contributed by atoms with Crippen molar-refractivity contribution in [3.8, 4) is 0 Å². The Balaban J connectivity index is 1.32. The van der Waals surface area contributed by atoms with E-state index in [1.54, 1.807) is 0 Å². The molecule has 2 bridgehead atoms. The molecule has 5 rings (SSSR count). The Labute approximate surface area is 215 Å². The lowest BCUT2D eigenvalue weighted by molar-refractivity contribution is 0.00695. The first-order valence-corrected chi connectivity index (χ1v) is 13.3. The van der Waals surface area contributed by atoms with Crippen molar-refractivity contribution in [2.75, 3.05) is 11.9 Å². The summed E-state index contributed by atoms with van der Waals surface area (Å²) < 4.78 is 5.51. The van der Waals surface area contributed by atoms with Crippen molar-refractivity contribution in [1.29, 1.82) is 0 Å². The van der Waals surface area contributed by atoms with Gasteiger partial charge in [0, 0.05) is 29.9 Å². The van der Waals surface area contributed by atoms with E-state index in [-0.39, 0.29) is 11.5 Å². The minimum atomic E-state index is -0.493. The van der Waals surface area contributed by atoms with Crippen molar-refractivity contribution in [1.82, 2.24) is 4.90 Å². The van der Waals surface area contributed by atoms with Crippen LogP contribution in [0.4, 0.5) is 5.69 Å². The van der Waals surface area contributed by atoms with Crippen molar-refractivity contribution in [3.05, 3.63) is 102 Å². The van der Waals surface area contributed by atoms with Gasteiger partial charge in [0.05, 0.1) is 5.56 Å². The second-order valence-electron chi connectivity index (χ2n) is 11.4. The summed E-state index contributed by atoms with van der Waals surface area (Å²) in [5.41, 5.74) is 4.07. The molecule has 4 heteroatoms. The third kappa shape index (κ3) is 5.34. The van der Waals surface area contributed by atoms with Crippen molar-refractivity contribution < 1.29 is 9.53 Å². The number of anilines is 1. The zero-order chi connectivity index (χ0) is 25.2.